The monoisotopic (exact) mass is 456 g/mol. The number of nitrogens with zero attached hydrogens (tertiary/aromatic N) is 2. The second-order valence-corrected chi connectivity index (χ2v) is 7.25. The quantitative estimate of drug-likeness (QED) is 0.358. The van der Waals surface area contributed by atoms with Gasteiger partial charge in [-0.2, -0.15) is 13.2 Å². The standard InChI is InChI=1S/C24H19F3N2O4/c1-2-32-21(30)9-4-3-6-15-10-11-19-18(12-15)22-20(14-28-19)33-23(31)29(22)17-8-5-7-16(13-17)24(25,26)27/h3,5-8,10-14H,2,4,9H2,1H3/b6-3+. The van der Waals surface area contributed by atoms with Crippen molar-refractivity contribution in [3.05, 3.63) is 76.4 Å². The van der Waals surface area contributed by atoms with E-state index in [4.69, 9.17) is 9.15 Å². The van der Waals surface area contributed by atoms with Crippen molar-refractivity contribution >= 4 is 34.0 Å². The number of ether oxygens (including phenoxy) is 1. The maximum atomic E-state index is 13.2. The van der Waals surface area contributed by atoms with E-state index in [1.807, 2.05) is 18.2 Å². The van der Waals surface area contributed by atoms with Crippen LogP contribution in [0.5, 0.6) is 0 Å². The Morgan fingerprint density at radius 2 is 2.03 bits per heavy atom. The minimum Gasteiger partial charge on any atom is -0.466 e. The second-order valence-electron chi connectivity index (χ2n) is 7.25. The summed E-state index contributed by atoms with van der Waals surface area (Å²) in [5, 5.41) is 0.545. The van der Waals surface area contributed by atoms with E-state index in [0.717, 1.165) is 22.3 Å². The lowest BCUT2D eigenvalue weighted by molar-refractivity contribution is -0.143. The number of oxazole rings is 1. The number of aromatic nitrogens is 2. The van der Waals surface area contributed by atoms with Crippen LogP contribution >= 0.6 is 0 Å². The van der Waals surface area contributed by atoms with Gasteiger partial charge in [-0.1, -0.05) is 24.3 Å². The van der Waals surface area contributed by atoms with Crippen molar-refractivity contribution < 1.29 is 27.1 Å². The molecule has 6 nitrogen and oxygen atoms in total. The predicted molar refractivity (Wildman–Crippen MR) is 117 cm³/mol. The first-order chi connectivity index (χ1) is 15.8. The number of esters is 1. The molecule has 33 heavy (non-hydrogen) atoms. The number of rotatable bonds is 6. The number of hydrogen-bond donors (Lipinski definition) is 0. The third-order valence-corrected chi connectivity index (χ3v) is 5.00. The fourth-order valence-electron chi connectivity index (χ4n) is 3.53. The predicted octanol–water partition coefficient (Wildman–Crippen LogP) is 5.51. The third kappa shape index (κ3) is 4.67. The van der Waals surface area contributed by atoms with Gasteiger partial charge in [-0.3, -0.25) is 9.78 Å². The molecule has 4 aromatic rings. The van der Waals surface area contributed by atoms with E-state index in [0.29, 0.717) is 29.4 Å². The van der Waals surface area contributed by atoms with E-state index in [1.165, 1.54) is 18.3 Å². The van der Waals surface area contributed by atoms with E-state index in [2.05, 4.69) is 4.98 Å². The van der Waals surface area contributed by atoms with Crippen LogP contribution < -0.4 is 5.76 Å². The maximum absolute atomic E-state index is 13.2. The Morgan fingerprint density at radius 1 is 1.21 bits per heavy atom. The van der Waals surface area contributed by atoms with Gasteiger partial charge in [0.1, 0.15) is 5.52 Å². The molecule has 0 fully saturated rings. The fourth-order valence-corrected chi connectivity index (χ4v) is 3.53. The molecule has 170 valence electrons. The number of carbonyl (C=O) groups excluding carboxylic acids is 1. The van der Waals surface area contributed by atoms with Crippen molar-refractivity contribution in [2.75, 3.05) is 6.61 Å². The van der Waals surface area contributed by atoms with Gasteiger partial charge < -0.3 is 9.15 Å². The Kier molecular flexibility index (Phi) is 6.04. The largest absolute Gasteiger partial charge is 0.466 e. The summed E-state index contributed by atoms with van der Waals surface area (Å²) in [6.45, 7) is 2.07. The minimum atomic E-state index is -4.55. The molecular formula is C24H19F3N2O4. The van der Waals surface area contributed by atoms with Crippen molar-refractivity contribution in [3.8, 4) is 5.69 Å². The number of benzene rings is 2. The van der Waals surface area contributed by atoms with Crippen LogP contribution in [0.3, 0.4) is 0 Å². The molecule has 0 radical (unpaired) electrons. The van der Waals surface area contributed by atoms with Gasteiger partial charge in [0.25, 0.3) is 0 Å². The molecule has 9 heteroatoms. The van der Waals surface area contributed by atoms with Crippen LogP contribution in [0.1, 0.15) is 30.9 Å². The van der Waals surface area contributed by atoms with Gasteiger partial charge in [-0.15, -0.1) is 0 Å². The number of hydrogen-bond acceptors (Lipinski definition) is 5. The number of halogens is 3. The molecule has 0 amide bonds. The average Bonchev–Trinajstić information content (AvgIpc) is 3.12. The fraction of sp³-hybridized carbons (Fsp3) is 0.208. The van der Waals surface area contributed by atoms with E-state index < -0.39 is 17.5 Å². The van der Waals surface area contributed by atoms with Crippen LogP contribution in [-0.2, 0) is 15.7 Å². The lowest BCUT2D eigenvalue weighted by Crippen LogP contribution is -2.13. The Hall–Kier alpha value is -3.88. The smallest absolute Gasteiger partial charge is 0.424 e. The van der Waals surface area contributed by atoms with Gasteiger partial charge >= 0.3 is 17.9 Å². The summed E-state index contributed by atoms with van der Waals surface area (Å²) >= 11 is 0. The molecule has 2 heterocycles. The number of allylic oxidation sites excluding steroid dienone is 1. The number of carbonyl (C=O) groups is 1. The average molecular weight is 456 g/mol. The molecule has 0 N–H and O–H groups in total. The molecule has 0 spiro atoms. The van der Waals surface area contributed by atoms with Crippen LogP contribution in [0.4, 0.5) is 13.2 Å². The van der Waals surface area contributed by atoms with Crippen molar-refractivity contribution in [3.63, 3.8) is 0 Å². The topological polar surface area (TPSA) is 74.3 Å². The van der Waals surface area contributed by atoms with E-state index >= 15 is 0 Å². The Morgan fingerprint density at radius 3 is 2.79 bits per heavy atom. The van der Waals surface area contributed by atoms with Crippen LogP contribution in [0, 0.1) is 0 Å². The molecule has 0 atom stereocenters. The molecule has 0 aliphatic heterocycles. The second kappa shape index (κ2) is 8.93. The van der Waals surface area contributed by atoms with Crippen molar-refractivity contribution in [2.24, 2.45) is 0 Å². The molecule has 0 bridgehead atoms. The van der Waals surface area contributed by atoms with Crippen molar-refractivity contribution in [1.82, 2.24) is 9.55 Å². The highest BCUT2D eigenvalue weighted by Gasteiger charge is 2.31. The summed E-state index contributed by atoms with van der Waals surface area (Å²) < 4.78 is 50.9. The number of alkyl halides is 3. The van der Waals surface area contributed by atoms with Gasteiger partial charge in [-0.05, 0) is 49.2 Å². The summed E-state index contributed by atoms with van der Waals surface area (Å²) in [5.41, 5.74) is 0.971. The van der Waals surface area contributed by atoms with E-state index in [9.17, 15) is 22.8 Å². The zero-order valence-corrected chi connectivity index (χ0v) is 17.6. The normalized spacial score (nSPS) is 12.1. The lowest BCUT2D eigenvalue weighted by Gasteiger charge is -2.10. The number of fused-ring (bicyclic) bond motifs is 3. The van der Waals surface area contributed by atoms with Gasteiger partial charge in [-0.25, -0.2) is 9.36 Å². The zero-order valence-electron chi connectivity index (χ0n) is 17.6. The van der Waals surface area contributed by atoms with Gasteiger partial charge in [0, 0.05) is 11.8 Å². The zero-order chi connectivity index (χ0) is 23.6. The van der Waals surface area contributed by atoms with Gasteiger partial charge in [0.15, 0.2) is 5.58 Å². The highest BCUT2D eigenvalue weighted by atomic mass is 19.4. The molecule has 4 rings (SSSR count). The summed E-state index contributed by atoms with van der Waals surface area (Å²) in [5.74, 6) is -1.09. The number of pyridine rings is 1. The molecule has 0 aliphatic rings. The Bertz CT molecular complexity index is 1420. The summed E-state index contributed by atoms with van der Waals surface area (Å²) in [6, 6.07) is 9.83. The third-order valence-electron chi connectivity index (χ3n) is 5.00. The molecule has 0 unspecified atom stereocenters. The SMILES string of the molecule is CCOC(=O)CC/C=C/c1ccc2ncc3oc(=O)n(-c4cccc(C(F)(F)F)c4)c3c2c1. The van der Waals surface area contributed by atoms with E-state index in [1.54, 1.807) is 19.1 Å². The highest BCUT2D eigenvalue weighted by Crippen LogP contribution is 2.32. The minimum absolute atomic E-state index is 0.0384. The van der Waals surface area contributed by atoms with Gasteiger partial charge in [0.2, 0.25) is 0 Å². The van der Waals surface area contributed by atoms with Crippen LogP contribution in [0.15, 0.2) is 63.9 Å². The molecule has 2 aromatic carbocycles. The van der Waals surface area contributed by atoms with Crippen LogP contribution in [0.25, 0.3) is 33.8 Å². The first-order valence-corrected chi connectivity index (χ1v) is 10.2. The summed E-state index contributed by atoms with van der Waals surface area (Å²) in [7, 11) is 0. The summed E-state index contributed by atoms with van der Waals surface area (Å²) in [4.78, 5) is 28.3. The maximum Gasteiger partial charge on any atom is 0.424 e. The van der Waals surface area contributed by atoms with Crippen LogP contribution in [0.2, 0.25) is 0 Å². The molecule has 0 saturated heterocycles. The molecular weight excluding hydrogens is 437 g/mol. The summed E-state index contributed by atoms with van der Waals surface area (Å²) in [6.07, 6.45) is 1.19. The first-order valence-electron chi connectivity index (χ1n) is 10.2. The lowest BCUT2D eigenvalue weighted by atomic mass is 10.1. The molecule has 0 saturated carbocycles. The van der Waals surface area contributed by atoms with Crippen LogP contribution in [-0.4, -0.2) is 22.1 Å². The highest BCUT2D eigenvalue weighted by molar-refractivity contribution is 6.02. The Labute approximate surface area is 185 Å². The van der Waals surface area contributed by atoms with E-state index in [-0.39, 0.29) is 23.7 Å². The Balaban J connectivity index is 1.78. The van der Waals surface area contributed by atoms with Crippen molar-refractivity contribution in [1.29, 1.82) is 0 Å². The van der Waals surface area contributed by atoms with Crippen molar-refractivity contribution in [2.45, 2.75) is 25.9 Å². The molecule has 2 aromatic heterocycles. The molecule has 0 aliphatic carbocycles. The first kappa shape index (κ1) is 22.3. The van der Waals surface area contributed by atoms with Gasteiger partial charge in [0.05, 0.1) is 29.6 Å².